The van der Waals surface area contributed by atoms with Gasteiger partial charge in [0.15, 0.2) is 0 Å². The van der Waals surface area contributed by atoms with Crippen LogP contribution in [0.15, 0.2) is 0 Å². The average molecular weight is 242 g/mol. The Bertz CT molecular complexity index is 221. The van der Waals surface area contributed by atoms with Gasteiger partial charge in [0.1, 0.15) is 0 Å². The molecular weight excluding hydrogens is 216 g/mol. The van der Waals surface area contributed by atoms with Gasteiger partial charge in [0, 0.05) is 38.6 Å². The third kappa shape index (κ3) is 3.91. The molecule has 0 amide bonds. The maximum Gasteiger partial charge on any atom is 0.0815 e. The molecule has 0 saturated carbocycles. The van der Waals surface area contributed by atoms with E-state index in [1.807, 2.05) is 0 Å². The maximum atomic E-state index is 10.3. The lowest BCUT2D eigenvalue weighted by Crippen LogP contribution is -2.50. The van der Waals surface area contributed by atoms with Gasteiger partial charge in [0.05, 0.1) is 5.60 Å². The van der Waals surface area contributed by atoms with Gasteiger partial charge in [-0.05, 0) is 32.5 Å². The number of rotatable bonds is 4. The van der Waals surface area contributed by atoms with Gasteiger partial charge in [-0.2, -0.15) is 0 Å². The molecule has 4 heteroatoms. The molecule has 0 spiro atoms. The Morgan fingerprint density at radius 1 is 1.29 bits per heavy atom. The summed E-state index contributed by atoms with van der Waals surface area (Å²) in [6, 6.07) is 0.588. The van der Waals surface area contributed by atoms with E-state index in [0.29, 0.717) is 19.3 Å². The zero-order valence-electron chi connectivity index (χ0n) is 11.0. The summed E-state index contributed by atoms with van der Waals surface area (Å²) in [7, 11) is 0. The molecule has 0 radical (unpaired) electrons. The highest BCUT2D eigenvalue weighted by Gasteiger charge is 2.30. The van der Waals surface area contributed by atoms with Crippen LogP contribution in [0.3, 0.4) is 0 Å². The van der Waals surface area contributed by atoms with Crippen molar-refractivity contribution in [3.63, 3.8) is 0 Å². The van der Waals surface area contributed by atoms with Gasteiger partial charge >= 0.3 is 0 Å². The fraction of sp³-hybridized carbons (Fsp3) is 1.00. The molecule has 2 fully saturated rings. The summed E-state index contributed by atoms with van der Waals surface area (Å²) >= 11 is 0. The van der Waals surface area contributed by atoms with Crippen molar-refractivity contribution in [2.24, 2.45) is 0 Å². The summed E-state index contributed by atoms with van der Waals surface area (Å²) in [6.07, 6.45) is 3.96. The van der Waals surface area contributed by atoms with Crippen molar-refractivity contribution in [2.75, 3.05) is 39.4 Å². The molecule has 0 aromatic rings. The second-order valence-electron chi connectivity index (χ2n) is 5.43. The highest BCUT2D eigenvalue weighted by molar-refractivity contribution is 4.86. The molecular formula is C13H26N2O2. The van der Waals surface area contributed by atoms with Crippen molar-refractivity contribution in [1.82, 2.24) is 10.2 Å². The minimum Gasteiger partial charge on any atom is -0.388 e. The predicted octanol–water partition coefficient (Wildman–Crippen LogP) is 0.602. The summed E-state index contributed by atoms with van der Waals surface area (Å²) < 4.78 is 5.29. The van der Waals surface area contributed by atoms with Crippen molar-refractivity contribution < 1.29 is 9.84 Å². The topological polar surface area (TPSA) is 44.7 Å². The van der Waals surface area contributed by atoms with Gasteiger partial charge in [0.25, 0.3) is 0 Å². The molecule has 2 rings (SSSR count). The normalized spacial score (nSPS) is 27.2. The summed E-state index contributed by atoms with van der Waals surface area (Å²) in [5, 5.41) is 13.9. The fourth-order valence-electron chi connectivity index (χ4n) is 2.72. The Balaban J connectivity index is 1.68. The number of likely N-dealkylation sites (tertiary alicyclic amines) is 1. The average Bonchev–Trinajstić information content (AvgIpc) is 2.38. The highest BCUT2D eigenvalue weighted by Crippen LogP contribution is 2.20. The zero-order chi connectivity index (χ0) is 12.1. The van der Waals surface area contributed by atoms with Crippen LogP contribution in [0.5, 0.6) is 0 Å². The molecule has 4 nitrogen and oxygen atoms in total. The van der Waals surface area contributed by atoms with Gasteiger partial charge in [-0.3, -0.25) is 0 Å². The van der Waals surface area contributed by atoms with Crippen LogP contribution in [0.1, 0.15) is 32.6 Å². The van der Waals surface area contributed by atoms with Crippen molar-refractivity contribution in [3.8, 4) is 0 Å². The van der Waals surface area contributed by atoms with Crippen molar-refractivity contribution in [2.45, 2.75) is 44.2 Å². The molecule has 0 bridgehead atoms. The molecule has 0 aliphatic carbocycles. The third-order valence-corrected chi connectivity index (χ3v) is 4.18. The standard InChI is InChI=1S/C13H26N2O2/c1-2-15-7-3-12(4-8-15)14-11-13(16)5-9-17-10-6-13/h12,14,16H,2-11H2,1H3. The maximum absolute atomic E-state index is 10.3. The van der Waals surface area contributed by atoms with E-state index in [0.717, 1.165) is 25.9 Å². The molecule has 100 valence electrons. The van der Waals surface area contributed by atoms with E-state index >= 15 is 0 Å². The number of ether oxygens (including phenoxy) is 1. The molecule has 2 heterocycles. The van der Waals surface area contributed by atoms with Crippen molar-refractivity contribution in [3.05, 3.63) is 0 Å². The highest BCUT2D eigenvalue weighted by atomic mass is 16.5. The monoisotopic (exact) mass is 242 g/mol. The smallest absolute Gasteiger partial charge is 0.0815 e. The quantitative estimate of drug-likeness (QED) is 0.758. The second-order valence-corrected chi connectivity index (χ2v) is 5.43. The first kappa shape index (κ1) is 13.3. The van der Waals surface area contributed by atoms with Gasteiger partial charge < -0.3 is 20.1 Å². The first-order valence-electron chi connectivity index (χ1n) is 6.98. The van der Waals surface area contributed by atoms with E-state index in [4.69, 9.17) is 4.74 Å². The molecule has 0 aromatic carbocycles. The van der Waals surface area contributed by atoms with E-state index in [1.54, 1.807) is 0 Å². The summed E-state index contributed by atoms with van der Waals surface area (Å²) in [6.45, 7) is 7.89. The first-order valence-corrected chi connectivity index (χ1v) is 6.98. The van der Waals surface area contributed by atoms with E-state index in [1.165, 1.54) is 25.9 Å². The van der Waals surface area contributed by atoms with Gasteiger partial charge in [-0.15, -0.1) is 0 Å². The Morgan fingerprint density at radius 3 is 2.53 bits per heavy atom. The lowest BCUT2D eigenvalue weighted by atomic mass is 9.93. The number of aliphatic hydroxyl groups is 1. The molecule has 17 heavy (non-hydrogen) atoms. The summed E-state index contributed by atoms with van der Waals surface area (Å²) in [4.78, 5) is 2.49. The van der Waals surface area contributed by atoms with Gasteiger partial charge in [0.2, 0.25) is 0 Å². The molecule has 2 N–H and O–H groups in total. The van der Waals surface area contributed by atoms with Crippen LogP contribution < -0.4 is 5.32 Å². The Morgan fingerprint density at radius 2 is 1.94 bits per heavy atom. The molecule has 0 atom stereocenters. The predicted molar refractivity (Wildman–Crippen MR) is 68.1 cm³/mol. The van der Waals surface area contributed by atoms with Crippen LogP contribution in [0, 0.1) is 0 Å². The van der Waals surface area contributed by atoms with Crippen molar-refractivity contribution >= 4 is 0 Å². The SMILES string of the molecule is CCN1CCC(NCC2(O)CCOCC2)CC1. The zero-order valence-corrected chi connectivity index (χ0v) is 11.0. The molecule has 2 aliphatic heterocycles. The number of piperidine rings is 1. The summed E-state index contributed by atoms with van der Waals surface area (Å²) in [5.74, 6) is 0. The minimum atomic E-state index is -0.528. The molecule has 0 unspecified atom stereocenters. The number of nitrogens with one attached hydrogen (secondary N) is 1. The van der Waals surface area contributed by atoms with Gasteiger partial charge in [-0.25, -0.2) is 0 Å². The third-order valence-electron chi connectivity index (χ3n) is 4.18. The number of hydrogen-bond donors (Lipinski definition) is 2. The van der Waals surface area contributed by atoms with E-state index in [2.05, 4.69) is 17.1 Å². The van der Waals surface area contributed by atoms with Crippen molar-refractivity contribution in [1.29, 1.82) is 0 Å². The van der Waals surface area contributed by atoms with Crippen LogP contribution in [-0.4, -0.2) is 61.0 Å². The Labute approximate surface area is 104 Å². The molecule has 2 aliphatic rings. The first-order chi connectivity index (χ1) is 8.22. The second kappa shape index (κ2) is 6.14. The van der Waals surface area contributed by atoms with Crippen LogP contribution in [0.2, 0.25) is 0 Å². The minimum absolute atomic E-state index is 0.528. The Kier molecular flexibility index (Phi) is 4.79. The van der Waals surface area contributed by atoms with Crippen LogP contribution in [0.4, 0.5) is 0 Å². The van der Waals surface area contributed by atoms with Gasteiger partial charge in [-0.1, -0.05) is 6.92 Å². The number of nitrogens with zero attached hydrogens (tertiary/aromatic N) is 1. The fourth-order valence-corrected chi connectivity index (χ4v) is 2.72. The molecule has 2 saturated heterocycles. The van der Waals surface area contributed by atoms with Crippen LogP contribution in [-0.2, 0) is 4.74 Å². The Hall–Kier alpha value is -0.160. The largest absolute Gasteiger partial charge is 0.388 e. The van der Waals surface area contributed by atoms with E-state index < -0.39 is 5.60 Å². The lowest BCUT2D eigenvalue weighted by Gasteiger charge is -2.36. The van der Waals surface area contributed by atoms with Crippen LogP contribution in [0.25, 0.3) is 0 Å². The number of hydrogen-bond acceptors (Lipinski definition) is 4. The van der Waals surface area contributed by atoms with E-state index in [-0.39, 0.29) is 0 Å². The molecule has 0 aromatic heterocycles. The summed E-state index contributed by atoms with van der Waals surface area (Å²) in [5.41, 5.74) is -0.528. The lowest BCUT2D eigenvalue weighted by molar-refractivity contribution is -0.0634. The van der Waals surface area contributed by atoms with Crippen LogP contribution >= 0.6 is 0 Å². The van der Waals surface area contributed by atoms with E-state index in [9.17, 15) is 5.11 Å².